The molecule has 0 saturated heterocycles. The number of rotatable bonds is 3. The molecule has 1 unspecified atom stereocenters. The average molecular weight is 182 g/mol. The van der Waals surface area contributed by atoms with Gasteiger partial charge in [-0.1, -0.05) is 25.6 Å². The lowest BCUT2D eigenvalue weighted by Gasteiger charge is -2.08. The summed E-state index contributed by atoms with van der Waals surface area (Å²) in [7, 11) is 0. The zero-order chi connectivity index (χ0) is 9.84. The van der Waals surface area contributed by atoms with Crippen LogP contribution in [-0.2, 0) is 0 Å². The van der Waals surface area contributed by atoms with Gasteiger partial charge in [-0.05, 0) is 23.3 Å². The Morgan fingerprint density at radius 1 is 1.46 bits per heavy atom. The van der Waals surface area contributed by atoms with Crippen LogP contribution in [0.1, 0.15) is 24.0 Å². The summed E-state index contributed by atoms with van der Waals surface area (Å²) in [5.41, 5.74) is 1.37. The minimum absolute atomic E-state index is 0.255. The Balaban J connectivity index is 3.07. The SMILES string of the molecule is C=Cc1cc(F)cc(C(C)CF)c1. The topological polar surface area (TPSA) is 0 Å². The maximum atomic E-state index is 12.9. The van der Waals surface area contributed by atoms with E-state index in [-0.39, 0.29) is 11.7 Å². The second-order valence-electron chi connectivity index (χ2n) is 3.08. The van der Waals surface area contributed by atoms with E-state index in [1.165, 1.54) is 12.1 Å². The number of benzene rings is 1. The quantitative estimate of drug-likeness (QED) is 0.670. The smallest absolute Gasteiger partial charge is 0.124 e. The highest BCUT2D eigenvalue weighted by Gasteiger charge is 2.06. The van der Waals surface area contributed by atoms with Gasteiger partial charge >= 0.3 is 0 Å². The molecule has 0 amide bonds. The molecule has 0 N–H and O–H groups in total. The van der Waals surface area contributed by atoms with Crippen LogP contribution in [0, 0.1) is 5.82 Å². The van der Waals surface area contributed by atoms with Crippen LogP contribution in [0.4, 0.5) is 8.78 Å². The Morgan fingerprint density at radius 2 is 2.15 bits per heavy atom. The Labute approximate surface area is 76.9 Å². The highest BCUT2D eigenvalue weighted by molar-refractivity contribution is 5.48. The van der Waals surface area contributed by atoms with Crippen LogP contribution >= 0.6 is 0 Å². The molecular weight excluding hydrogens is 170 g/mol. The van der Waals surface area contributed by atoms with Gasteiger partial charge in [0.25, 0.3) is 0 Å². The molecule has 0 saturated carbocycles. The van der Waals surface area contributed by atoms with E-state index >= 15 is 0 Å². The summed E-state index contributed by atoms with van der Waals surface area (Å²) in [5, 5.41) is 0. The standard InChI is InChI=1S/C11H12F2/c1-3-9-4-10(8(2)7-12)6-11(13)5-9/h3-6,8H,1,7H2,2H3. The molecule has 0 nitrogen and oxygen atoms in total. The molecular formula is C11H12F2. The fourth-order valence-electron chi connectivity index (χ4n) is 1.13. The van der Waals surface area contributed by atoms with E-state index in [0.29, 0.717) is 11.1 Å². The fraction of sp³-hybridized carbons (Fsp3) is 0.273. The van der Waals surface area contributed by atoms with Crippen LogP contribution < -0.4 is 0 Å². The molecule has 0 fully saturated rings. The van der Waals surface area contributed by atoms with E-state index < -0.39 is 6.67 Å². The van der Waals surface area contributed by atoms with Crippen LogP contribution in [0.5, 0.6) is 0 Å². The van der Waals surface area contributed by atoms with Crippen molar-refractivity contribution in [3.05, 3.63) is 41.7 Å². The van der Waals surface area contributed by atoms with Crippen LogP contribution in [0.25, 0.3) is 6.08 Å². The van der Waals surface area contributed by atoms with Gasteiger partial charge in [-0.25, -0.2) is 4.39 Å². The Bertz CT molecular complexity index is 305. The first-order valence-corrected chi connectivity index (χ1v) is 4.16. The molecule has 0 spiro atoms. The van der Waals surface area contributed by atoms with Gasteiger partial charge in [-0.15, -0.1) is 0 Å². The Hall–Kier alpha value is -1.18. The Morgan fingerprint density at radius 3 is 2.69 bits per heavy atom. The van der Waals surface area contributed by atoms with Crippen molar-refractivity contribution in [3.8, 4) is 0 Å². The summed E-state index contributed by atoms with van der Waals surface area (Å²) in [6.07, 6.45) is 1.55. The third kappa shape index (κ3) is 2.38. The summed E-state index contributed by atoms with van der Waals surface area (Å²) in [4.78, 5) is 0. The first kappa shape index (κ1) is 9.90. The zero-order valence-corrected chi connectivity index (χ0v) is 7.56. The molecule has 0 aromatic heterocycles. The molecule has 1 aromatic carbocycles. The fourth-order valence-corrected chi connectivity index (χ4v) is 1.13. The number of alkyl halides is 1. The molecule has 1 aromatic rings. The molecule has 1 rings (SSSR count). The highest BCUT2D eigenvalue weighted by atomic mass is 19.1. The maximum absolute atomic E-state index is 12.9. The molecule has 2 heteroatoms. The van der Waals surface area contributed by atoms with E-state index in [4.69, 9.17) is 0 Å². The van der Waals surface area contributed by atoms with Gasteiger partial charge in [0.1, 0.15) is 5.82 Å². The molecule has 0 bridgehead atoms. The monoisotopic (exact) mass is 182 g/mol. The minimum atomic E-state index is -0.472. The average Bonchev–Trinajstić information content (AvgIpc) is 2.15. The van der Waals surface area contributed by atoms with Crippen LogP contribution in [-0.4, -0.2) is 6.67 Å². The van der Waals surface area contributed by atoms with Gasteiger partial charge in [0.15, 0.2) is 0 Å². The van der Waals surface area contributed by atoms with Gasteiger partial charge in [0, 0.05) is 5.92 Å². The van der Waals surface area contributed by atoms with Gasteiger partial charge in [-0.2, -0.15) is 0 Å². The van der Waals surface area contributed by atoms with E-state index in [9.17, 15) is 8.78 Å². The van der Waals surface area contributed by atoms with E-state index in [1.54, 1.807) is 19.1 Å². The van der Waals surface area contributed by atoms with Crippen molar-refractivity contribution >= 4 is 6.08 Å². The minimum Gasteiger partial charge on any atom is -0.250 e. The molecule has 0 aliphatic carbocycles. The normalized spacial score (nSPS) is 12.5. The second-order valence-corrected chi connectivity index (χ2v) is 3.08. The van der Waals surface area contributed by atoms with E-state index in [2.05, 4.69) is 6.58 Å². The first-order chi connectivity index (χ1) is 6.17. The van der Waals surface area contributed by atoms with Crippen LogP contribution in [0.3, 0.4) is 0 Å². The van der Waals surface area contributed by atoms with Crippen molar-refractivity contribution in [1.29, 1.82) is 0 Å². The molecule has 70 valence electrons. The maximum Gasteiger partial charge on any atom is 0.124 e. The van der Waals surface area contributed by atoms with Crippen molar-refractivity contribution in [2.45, 2.75) is 12.8 Å². The number of halogens is 2. The summed E-state index contributed by atoms with van der Waals surface area (Å²) in [5.74, 6) is -0.595. The summed E-state index contributed by atoms with van der Waals surface area (Å²) < 4.78 is 25.2. The van der Waals surface area contributed by atoms with E-state index in [0.717, 1.165) is 0 Å². The van der Waals surface area contributed by atoms with Crippen LogP contribution in [0.2, 0.25) is 0 Å². The van der Waals surface area contributed by atoms with Gasteiger partial charge in [0.2, 0.25) is 0 Å². The zero-order valence-electron chi connectivity index (χ0n) is 7.56. The number of hydrogen-bond acceptors (Lipinski definition) is 0. The largest absolute Gasteiger partial charge is 0.250 e. The van der Waals surface area contributed by atoms with Crippen molar-refractivity contribution in [1.82, 2.24) is 0 Å². The van der Waals surface area contributed by atoms with Gasteiger partial charge < -0.3 is 0 Å². The third-order valence-electron chi connectivity index (χ3n) is 1.98. The second kappa shape index (κ2) is 4.17. The van der Waals surface area contributed by atoms with Crippen molar-refractivity contribution in [3.63, 3.8) is 0 Å². The highest BCUT2D eigenvalue weighted by Crippen LogP contribution is 2.19. The predicted octanol–water partition coefficient (Wildman–Crippen LogP) is 3.54. The molecule has 1 atom stereocenters. The lowest BCUT2D eigenvalue weighted by atomic mass is 10.00. The van der Waals surface area contributed by atoms with Gasteiger partial charge in [0.05, 0.1) is 6.67 Å². The van der Waals surface area contributed by atoms with Crippen molar-refractivity contribution < 1.29 is 8.78 Å². The summed E-state index contributed by atoms with van der Waals surface area (Å²) >= 11 is 0. The van der Waals surface area contributed by atoms with Crippen molar-refractivity contribution in [2.24, 2.45) is 0 Å². The van der Waals surface area contributed by atoms with E-state index in [1.807, 2.05) is 0 Å². The number of hydrogen-bond donors (Lipinski definition) is 0. The lowest BCUT2D eigenvalue weighted by molar-refractivity contribution is 0.446. The predicted molar refractivity (Wildman–Crippen MR) is 50.9 cm³/mol. The summed E-state index contributed by atoms with van der Waals surface area (Å²) in [6.45, 7) is 4.79. The first-order valence-electron chi connectivity index (χ1n) is 4.16. The molecule has 0 aliphatic heterocycles. The molecule has 13 heavy (non-hydrogen) atoms. The van der Waals surface area contributed by atoms with Gasteiger partial charge in [-0.3, -0.25) is 4.39 Å². The lowest BCUT2D eigenvalue weighted by Crippen LogP contribution is -1.96. The van der Waals surface area contributed by atoms with Crippen LogP contribution in [0.15, 0.2) is 24.8 Å². The molecule has 0 aliphatic rings. The molecule has 0 heterocycles. The molecule has 0 radical (unpaired) electrons. The summed E-state index contributed by atoms with van der Waals surface area (Å²) in [6, 6.07) is 4.49. The third-order valence-corrected chi connectivity index (χ3v) is 1.98. The van der Waals surface area contributed by atoms with Crippen molar-refractivity contribution in [2.75, 3.05) is 6.67 Å². The Kier molecular flexibility index (Phi) is 3.18.